The Morgan fingerprint density at radius 3 is 2.70 bits per heavy atom. The Labute approximate surface area is 165 Å². The number of thiophene rings is 1. The number of ether oxygens (including phenoxy) is 2. The van der Waals surface area contributed by atoms with Crippen molar-refractivity contribution in [1.82, 2.24) is 4.98 Å². The van der Waals surface area contributed by atoms with E-state index in [2.05, 4.69) is 11.1 Å². The van der Waals surface area contributed by atoms with Crippen LogP contribution in [0, 0.1) is 11.3 Å². The molecule has 136 valence electrons. The number of aromatic nitrogens is 1. The number of esters is 1. The molecule has 5 nitrogen and oxygen atoms in total. The number of nitrogens with zero attached hydrogens (tertiary/aromatic N) is 2. The second-order valence-electron chi connectivity index (χ2n) is 5.42. The molecule has 0 saturated carbocycles. The fourth-order valence-electron chi connectivity index (χ4n) is 2.47. The average molecular weight is 399 g/mol. The first kappa shape index (κ1) is 18.9. The highest BCUT2D eigenvalue weighted by atomic mass is 35.5. The van der Waals surface area contributed by atoms with Crippen LogP contribution in [-0.2, 0) is 9.53 Å². The van der Waals surface area contributed by atoms with Crippen LogP contribution >= 0.6 is 22.9 Å². The van der Waals surface area contributed by atoms with Gasteiger partial charge in [-0.1, -0.05) is 29.8 Å². The van der Waals surface area contributed by atoms with Crippen molar-refractivity contribution >= 4 is 28.9 Å². The maximum absolute atomic E-state index is 11.7. The summed E-state index contributed by atoms with van der Waals surface area (Å²) in [7, 11) is 0. The first-order chi connectivity index (χ1) is 13.1. The smallest absolute Gasteiger partial charge is 0.344 e. The Bertz CT molecular complexity index is 980. The van der Waals surface area contributed by atoms with Crippen LogP contribution in [0.4, 0.5) is 0 Å². The zero-order valence-corrected chi connectivity index (χ0v) is 16.0. The number of hydrogen-bond donors (Lipinski definition) is 0. The topological polar surface area (TPSA) is 72.2 Å². The second-order valence-corrected chi connectivity index (χ2v) is 6.81. The standard InChI is InChI=1S/C20H15ClN2O3S/c1-2-25-19(24)12-26-20-16(11-22)15(13-5-7-14(21)8-6-13)10-17(23-20)18-4-3-9-27-18/h3-10H,2,12H2,1H3. The highest BCUT2D eigenvalue weighted by molar-refractivity contribution is 7.13. The number of rotatable bonds is 6. The van der Waals surface area contributed by atoms with E-state index >= 15 is 0 Å². The summed E-state index contributed by atoms with van der Waals surface area (Å²) in [6.45, 7) is 1.66. The van der Waals surface area contributed by atoms with Crippen molar-refractivity contribution in [2.75, 3.05) is 13.2 Å². The lowest BCUT2D eigenvalue weighted by atomic mass is 10.0. The molecule has 0 radical (unpaired) electrons. The molecule has 3 aromatic rings. The quantitative estimate of drug-likeness (QED) is 0.549. The number of carbonyl (C=O) groups is 1. The Morgan fingerprint density at radius 1 is 1.30 bits per heavy atom. The summed E-state index contributed by atoms with van der Waals surface area (Å²) >= 11 is 7.50. The van der Waals surface area contributed by atoms with Crippen LogP contribution in [-0.4, -0.2) is 24.2 Å². The van der Waals surface area contributed by atoms with E-state index in [9.17, 15) is 10.1 Å². The van der Waals surface area contributed by atoms with Crippen molar-refractivity contribution < 1.29 is 14.3 Å². The minimum absolute atomic E-state index is 0.0985. The third kappa shape index (κ3) is 4.45. The van der Waals surface area contributed by atoms with Gasteiger partial charge in [-0.25, -0.2) is 9.78 Å². The first-order valence-corrected chi connectivity index (χ1v) is 9.41. The monoisotopic (exact) mass is 398 g/mol. The van der Waals surface area contributed by atoms with Gasteiger partial charge in [0.25, 0.3) is 0 Å². The lowest BCUT2D eigenvalue weighted by molar-refractivity contribution is -0.145. The van der Waals surface area contributed by atoms with Crippen LogP contribution in [0.15, 0.2) is 47.8 Å². The molecule has 0 N–H and O–H groups in total. The molecule has 3 rings (SSSR count). The van der Waals surface area contributed by atoms with Gasteiger partial charge in [0, 0.05) is 10.6 Å². The molecule has 0 aliphatic heterocycles. The molecule has 0 atom stereocenters. The molecule has 2 heterocycles. The van der Waals surface area contributed by atoms with Crippen LogP contribution < -0.4 is 4.74 Å². The minimum Gasteiger partial charge on any atom is -0.465 e. The van der Waals surface area contributed by atoms with Crippen LogP contribution in [0.3, 0.4) is 0 Å². The van der Waals surface area contributed by atoms with Gasteiger partial charge in [0.1, 0.15) is 11.6 Å². The van der Waals surface area contributed by atoms with Crippen molar-refractivity contribution in [2.24, 2.45) is 0 Å². The van der Waals surface area contributed by atoms with E-state index in [1.807, 2.05) is 35.7 Å². The molecule has 0 spiro atoms. The normalized spacial score (nSPS) is 10.3. The Kier molecular flexibility index (Phi) is 6.07. The molecule has 0 fully saturated rings. The number of hydrogen-bond acceptors (Lipinski definition) is 6. The van der Waals surface area contributed by atoms with E-state index in [0.29, 0.717) is 16.3 Å². The van der Waals surface area contributed by atoms with Crippen LogP contribution in [0.1, 0.15) is 12.5 Å². The predicted octanol–water partition coefficient (Wildman–Crippen LogP) is 4.94. The van der Waals surface area contributed by atoms with Crippen molar-refractivity contribution in [3.05, 3.63) is 58.4 Å². The summed E-state index contributed by atoms with van der Waals surface area (Å²) in [6.07, 6.45) is 0. The average Bonchev–Trinajstić information content (AvgIpc) is 3.21. The van der Waals surface area contributed by atoms with Crippen LogP contribution in [0.5, 0.6) is 5.88 Å². The van der Waals surface area contributed by atoms with Gasteiger partial charge < -0.3 is 9.47 Å². The summed E-state index contributed by atoms with van der Waals surface area (Å²) in [5.74, 6) is -0.417. The summed E-state index contributed by atoms with van der Waals surface area (Å²) in [5, 5.41) is 12.2. The van der Waals surface area contributed by atoms with Gasteiger partial charge in [-0.2, -0.15) is 5.26 Å². The Balaban J connectivity index is 2.09. The zero-order chi connectivity index (χ0) is 19.2. The van der Waals surface area contributed by atoms with E-state index < -0.39 is 5.97 Å². The zero-order valence-electron chi connectivity index (χ0n) is 14.4. The van der Waals surface area contributed by atoms with Crippen molar-refractivity contribution in [2.45, 2.75) is 6.92 Å². The van der Waals surface area contributed by atoms with Crippen molar-refractivity contribution in [1.29, 1.82) is 5.26 Å². The Hall–Kier alpha value is -2.88. The minimum atomic E-state index is -0.516. The van der Waals surface area contributed by atoms with Gasteiger partial charge in [-0.05, 0) is 42.1 Å². The molecule has 0 unspecified atom stereocenters. The first-order valence-electron chi connectivity index (χ1n) is 8.15. The van der Waals surface area contributed by atoms with Gasteiger partial charge in [0.15, 0.2) is 6.61 Å². The summed E-state index contributed by atoms with van der Waals surface area (Å²) in [4.78, 5) is 17.0. The third-order valence-electron chi connectivity index (χ3n) is 3.66. The van der Waals surface area contributed by atoms with Gasteiger partial charge in [-0.15, -0.1) is 11.3 Å². The molecule has 7 heteroatoms. The van der Waals surface area contributed by atoms with E-state index in [0.717, 1.165) is 10.4 Å². The molecule has 2 aromatic heterocycles. The van der Waals surface area contributed by atoms with Crippen molar-refractivity contribution in [3.8, 4) is 33.6 Å². The van der Waals surface area contributed by atoms with Crippen LogP contribution in [0.2, 0.25) is 5.02 Å². The van der Waals surface area contributed by atoms with E-state index in [-0.39, 0.29) is 24.7 Å². The number of pyridine rings is 1. The Morgan fingerprint density at radius 2 is 2.07 bits per heavy atom. The van der Waals surface area contributed by atoms with Crippen molar-refractivity contribution in [3.63, 3.8) is 0 Å². The van der Waals surface area contributed by atoms with Gasteiger partial charge in [0.05, 0.1) is 17.2 Å². The maximum atomic E-state index is 11.7. The second kappa shape index (κ2) is 8.67. The molecular weight excluding hydrogens is 384 g/mol. The van der Waals surface area contributed by atoms with E-state index in [1.54, 1.807) is 19.1 Å². The summed E-state index contributed by atoms with van der Waals surface area (Å²) < 4.78 is 10.4. The maximum Gasteiger partial charge on any atom is 0.344 e. The molecule has 0 bridgehead atoms. The molecule has 0 amide bonds. The third-order valence-corrected chi connectivity index (χ3v) is 4.80. The SMILES string of the molecule is CCOC(=O)COc1nc(-c2cccs2)cc(-c2ccc(Cl)cc2)c1C#N. The summed E-state index contributed by atoms with van der Waals surface area (Å²) in [5.41, 5.74) is 2.37. The number of carbonyl (C=O) groups excluding carboxylic acids is 1. The summed E-state index contributed by atoms with van der Waals surface area (Å²) in [6, 6.07) is 15.0. The predicted molar refractivity (Wildman–Crippen MR) is 105 cm³/mol. The number of nitriles is 1. The molecule has 0 aliphatic carbocycles. The van der Waals surface area contributed by atoms with Gasteiger partial charge >= 0.3 is 5.97 Å². The van der Waals surface area contributed by atoms with Gasteiger partial charge in [0.2, 0.25) is 5.88 Å². The van der Waals surface area contributed by atoms with Crippen LogP contribution in [0.25, 0.3) is 21.7 Å². The highest BCUT2D eigenvalue weighted by Gasteiger charge is 2.18. The fraction of sp³-hybridized carbons (Fsp3) is 0.150. The molecule has 27 heavy (non-hydrogen) atoms. The lowest BCUT2D eigenvalue weighted by Crippen LogP contribution is -2.16. The van der Waals surface area contributed by atoms with E-state index in [1.165, 1.54) is 11.3 Å². The number of benzene rings is 1. The number of halogens is 1. The van der Waals surface area contributed by atoms with E-state index in [4.69, 9.17) is 21.1 Å². The highest BCUT2D eigenvalue weighted by Crippen LogP contribution is 2.35. The molecule has 0 aliphatic rings. The van der Waals surface area contributed by atoms with Gasteiger partial charge in [-0.3, -0.25) is 0 Å². The lowest BCUT2D eigenvalue weighted by Gasteiger charge is -2.12. The fourth-order valence-corrected chi connectivity index (χ4v) is 3.28. The molecular formula is C20H15ClN2O3S. The molecule has 1 aromatic carbocycles. The largest absolute Gasteiger partial charge is 0.465 e. The molecule has 0 saturated heterocycles.